The van der Waals surface area contributed by atoms with E-state index in [1.54, 1.807) is 0 Å². The number of carbonyl (C=O) groups is 1. The maximum Gasteiger partial charge on any atom is 0.401 e. The second-order valence-electron chi connectivity index (χ2n) is 11.0. The van der Waals surface area contributed by atoms with Crippen molar-refractivity contribution in [1.82, 2.24) is 0 Å². The van der Waals surface area contributed by atoms with Crippen LogP contribution < -0.4 is 0 Å². The smallest absolute Gasteiger partial charge is 0.401 e. The minimum absolute atomic E-state index is 0.0168. The molecule has 4 rings (SSSR count). The van der Waals surface area contributed by atoms with Crippen LogP contribution in [0.25, 0.3) is 0 Å². The highest BCUT2D eigenvalue weighted by atomic mass is 79.9. The SMILES string of the molecule is CC(C)C1CC[C@@H](C)C[C@H]1[C@@H]1N=C(c2ccc(F)c(Br)c2)[C@H](C(=O)O)[C@@]1(c1cc(Cl)c(Cl)c(Cl)c1)C(F)(F)F. The van der Waals surface area contributed by atoms with Crippen molar-refractivity contribution < 1.29 is 27.5 Å². The molecule has 0 amide bonds. The maximum absolute atomic E-state index is 15.8. The van der Waals surface area contributed by atoms with E-state index in [1.807, 2.05) is 20.8 Å². The molecule has 0 aromatic heterocycles. The highest BCUT2D eigenvalue weighted by Gasteiger charge is 2.72. The molecule has 0 saturated heterocycles. The lowest BCUT2D eigenvalue weighted by Gasteiger charge is -2.48. The Labute approximate surface area is 248 Å². The Morgan fingerprint density at radius 1 is 1.13 bits per heavy atom. The number of aliphatic imine (C=N–C) groups is 1. The molecule has 39 heavy (non-hydrogen) atoms. The molecule has 212 valence electrons. The fourth-order valence-electron chi connectivity index (χ4n) is 6.62. The van der Waals surface area contributed by atoms with E-state index in [0.29, 0.717) is 12.8 Å². The Morgan fingerprint density at radius 3 is 2.26 bits per heavy atom. The first-order valence-corrected chi connectivity index (χ1v) is 14.5. The molecule has 2 aromatic carbocycles. The van der Waals surface area contributed by atoms with E-state index >= 15 is 13.2 Å². The van der Waals surface area contributed by atoms with E-state index in [-0.39, 0.29) is 48.6 Å². The first kappa shape index (κ1) is 30.6. The summed E-state index contributed by atoms with van der Waals surface area (Å²) in [6.45, 7) is 5.91. The average Bonchev–Trinajstić information content (AvgIpc) is 3.21. The summed E-state index contributed by atoms with van der Waals surface area (Å²) in [7, 11) is 0. The van der Waals surface area contributed by atoms with Gasteiger partial charge < -0.3 is 5.11 Å². The largest absolute Gasteiger partial charge is 0.481 e. The van der Waals surface area contributed by atoms with Gasteiger partial charge in [0.2, 0.25) is 0 Å². The fraction of sp³-hybridized carbons (Fsp3) is 0.500. The zero-order valence-electron chi connectivity index (χ0n) is 21.3. The van der Waals surface area contributed by atoms with Crippen molar-refractivity contribution >= 4 is 62.4 Å². The second kappa shape index (κ2) is 11.1. The van der Waals surface area contributed by atoms with Crippen LogP contribution in [0.3, 0.4) is 0 Å². The molecule has 2 aliphatic rings. The quantitative estimate of drug-likeness (QED) is 0.254. The van der Waals surface area contributed by atoms with Crippen molar-refractivity contribution in [1.29, 1.82) is 0 Å². The van der Waals surface area contributed by atoms with Crippen LogP contribution in [-0.2, 0) is 10.2 Å². The van der Waals surface area contributed by atoms with Gasteiger partial charge in [0.1, 0.15) is 17.2 Å². The highest BCUT2D eigenvalue weighted by molar-refractivity contribution is 9.10. The van der Waals surface area contributed by atoms with Gasteiger partial charge in [0, 0.05) is 0 Å². The molecule has 1 fully saturated rings. The first-order valence-electron chi connectivity index (χ1n) is 12.6. The average molecular weight is 672 g/mol. The molecular weight excluding hydrogens is 645 g/mol. The number of nitrogens with zero attached hydrogens (tertiary/aromatic N) is 1. The summed E-state index contributed by atoms with van der Waals surface area (Å²) in [6, 6.07) is 4.20. The Bertz CT molecular complexity index is 1300. The molecule has 1 saturated carbocycles. The molecule has 1 aliphatic heterocycles. The standard InChI is InChI=1S/C28H27BrCl3F4NO2/c1-12(2)16-6-4-13(3)8-17(16)25-27(28(34,35)36,15-10-19(30)23(32)20(31)11-15)22(26(38)39)24(37-25)14-5-7-21(33)18(29)9-14/h5,7,9-13,16-17,22,25H,4,6,8H2,1-3H3,(H,38,39)/t13-,16?,17-,22-,25+,27-/m1/s1. The summed E-state index contributed by atoms with van der Waals surface area (Å²) < 4.78 is 61.5. The summed E-state index contributed by atoms with van der Waals surface area (Å²) in [5.41, 5.74) is -3.61. The van der Waals surface area contributed by atoms with Crippen LogP contribution in [0, 0.1) is 35.4 Å². The van der Waals surface area contributed by atoms with E-state index in [1.165, 1.54) is 12.1 Å². The molecular formula is C28H27BrCl3F4NO2. The number of benzene rings is 2. The topological polar surface area (TPSA) is 49.7 Å². The lowest BCUT2D eigenvalue weighted by Crippen LogP contribution is -2.59. The molecule has 2 aromatic rings. The molecule has 1 aliphatic carbocycles. The normalized spacial score (nSPS) is 29.5. The Balaban J connectivity index is 2.11. The van der Waals surface area contributed by atoms with E-state index in [4.69, 9.17) is 34.8 Å². The van der Waals surface area contributed by atoms with Gasteiger partial charge >= 0.3 is 12.1 Å². The van der Waals surface area contributed by atoms with Crippen LogP contribution in [0.4, 0.5) is 17.6 Å². The molecule has 0 radical (unpaired) electrons. The monoisotopic (exact) mass is 669 g/mol. The Morgan fingerprint density at radius 2 is 1.74 bits per heavy atom. The molecule has 11 heteroatoms. The summed E-state index contributed by atoms with van der Waals surface area (Å²) >= 11 is 21.7. The number of rotatable bonds is 5. The van der Waals surface area contributed by atoms with Gasteiger partial charge in [0.15, 0.2) is 0 Å². The Hall–Kier alpha value is -1.35. The molecule has 1 unspecified atom stereocenters. The number of hydrogen-bond donors (Lipinski definition) is 1. The predicted octanol–water partition coefficient (Wildman–Crippen LogP) is 9.63. The van der Waals surface area contributed by atoms with Crippen molar-refractivity contribution in [3.8, 4) is 0 Å². The van der Waals surface area contributed by atoms with Crippen molar-refractivity contribution in [2.45, 2.75) is 57.7 Å². The van der Waals surface area contributed by atoms with Crippen LogP contribution in [0.1, 0.15) is 51.2 Å². The van der Waals surface area contributed by atoms with Crippen LogP contribution in [0.2, 0.25) is 15.1 Å². The van der Waals surface area contributed by atoms with E-state index in [9.17, 15) is 14.3 Å². The molecule has 0 bridgehead atoms. The fourth-order valence-corrected chi connectivity index (χ4v) is 7.60. The van der Waals surface area contributed by atoms with Gasteiger partial charge in [0.25, 0.3) is 0 Å². The molecule has 3 nitrogen and oxygen atoms in total. The number of alkyl halides is 3. The van der Waals surface area contributed by atoms with Crippen LogP contribution >= 0.6 is 50.7 Å². The lowest BCUT2D eigenvalue weighted by atomic mass is 9.57. The summed E-state index contributed by atoms with van der Waals surface area (Å²) in [5.74, 6) is -5.07. The molecule has 1 heterocycles. The van der Waals surface area contributed by atoms with Gasteiger partial charge in [0.05, 0.1) is 31.3 Å². The molecule has 6 atom stereocenters. The number of carboxylic acid groups (broad SMARTS) is 1. The third-order valence-corrected chi connectivity index (χ3v) is 10.2. The minimum atomic E-state index is -5.09. The number of halogens is 8. The lowest BCUT2D eigenvalue weighted by molar-refractivity contribution is -0.214. The zero-order valence-corrected chi connectivity index (χ0v) is 25.2. The Kier molecular flexibility index (Phi) is 8.75. The van der Waals surface area contributed by atoms with E-state index in [0.717, 1.165) is 24.6 Å². The zero-order chi connectivity index (χ0) is 29.0. The first-order chi connectivity index (χ1) is 18.1. The van der Waals surface area contributed by atoms with Crippen molar-refractivity contribution in [2.24, 2.45) is 34.6 Å². The number of hydrogen-bond acceptors (Lipinski definition) is 2. The van der Waals surface area contributed by atoms with Crippen LogP contribution in [-0.4, -0.2) is 29.0 Å². The van der Waals surface area contributed by atoms with Crippen molar-refractivity contribution in [2.75, 3.05) is 0 Å². The highest BCUT2D eigenvalue weighted by Crippen LogP contribution is 2.60. The third kappa shape index (κ3) is 5.24. The van der Waals surface area contributed by atoms with E-state index < -0.39 is 46.8 Å². The minimum Gasteiger partial charge on any atom is -0.481 e. The predicted molar refractivity (Wildman–Crippen MR) is 150 cm³/mol. The second-order valence-corrected chi connectivity index (χ2v) is 13.0. The van der Waals surface area contributed by atoms with Crippen molar-refractivity contribution in [3.63, 3.8) is 0 Å². The van der Waals surface area contributed by atoms with Crippen molar-refractivity contribution in [3.05, 3.63) is 66.8 Å². The van der Waals surface area contributed by atoms with Gasteiger partial charge in [-0.1, -0.05) is 68.1 Å². The maximum atomic E-state index is 15.8. The molecule has 0 spiro atoms. The number of carboxylic acids is 1. The van der Waals surface area contributed by atoms with Gasteiger partial charge in [-0.25, -0.2) is 4.39 Å². The van der Waals surface area contributed by atoms with Gasteiger partial charge in [-0.2, -0.15) is 13.2 Å². The van der Waals surface area contributed by atoms with E-state index in [2.05, 4.69) is 20.9 Å². The summed E-state index contributed by atoms with van der Waals surface area (Å²) in [6.07, 6.45) is -3.10. The van der Waals surface area contributed by atoms with Gasteiger partial charge in [-0.3, -0.25) is 9.79 Å². The third-order valence-electron chi connectivity index (χ3n) is 8.35. The summed E-state index contributed by atoms with van der Waals surface area (Å²) in [5, 5.41) is 9.94. The van der Waals surface area contributed by atoms with Gasteiger partial charge in [-0.05, 0) is 87.8 Å². The molecule has 1 N–H and O–H groups in total. The van der Waals surface area contributed by atoms with Gasteiger partial charge in [-0.15, -0.1) is 0 Å². The van der Waals surface area contributed by atoms with Crippen LogP contribution in [0.15, 0.2) is 39.8 Å². The number of aliphatic carboxylic acids is 1. The summed E-state index contributed by atoms with van der Waals surface area (Å²) in [4.78, 5) is 17.6. The van der Waals surface area contributed by atoms with Crippen LogP contribution in [0.5, 0.6) is 0 Å².